The van der Waals surface area contributed by atoms with Crippen molar-refractivity contribution >= 4 is 0 Å². The van der Waals surface area contributed by atoms with Gasteiger partial charge in [0, 0.05) is 12.2 Å². The summed E-state index contributed by atoms with van der Waals surface area (Å²) in [7, 11) is 0. The summed E-state index contributed by atoms with van der Waals surface area (Å²) in [6.45, 7) is 9.78. The molecule has 0 aliphatic rings. The van der Waals surface area contributed by atoms with Gasteiger partial charge in [0.2, 0.25) is 0 Å². The van der Waals surface area contributed by atoms with Crippen LogP contribution in [0.5, 0.6) is 0 Å². The molecule has 2 nitrogen and oxygen atoms in total. The van der Waals surface area contributed by atoms with Crippen molar-refractivity contribution in [3.05, 3.63) is 17.5 Å². The summed E-state index contributed by atoms with van der Waals surface area (Å²) < 4.78 is 2.12. The van der Waals surface area contributed by atoms with Crippen LogP contribution in [0.1, 0.15) is 50.9 Å². The molecule has 0 atom stereocenters. The standard InChI is InChI=1S/C11H20N2/c1-5-6-7-13-10(4)8-11(12-13)9(2)3/h8-9H,5-7H2,1-4H3. The van der Waals surface area contributed by atoms with Gasteiger partial charge in [-0.2, -0.15) is 5.10 Å². The molecule has 1 rings (SSSR count). The first kappa shape index (κ1) is 10.3. The van der Waals surface area contributed by atoms with Gasteiger partial charge in [-0.25, -0.2) is 0 Å². The molecule has 74 valence electrons. The van der Waals surface area contributed by atoms with Crippen molar-refractivity contribution in [3.8, 4) is 0 Å². The van der Waals surface area contributed by atoms with Crippen LogP contribution in [-0.4, -0.2) is 9.78 Å². The quantitative estimate of drug-likeness (QED) is 0.696. The summed E-state index contributed by atoms with van der Waals surface area (Å²) >= 11 is 0. The van der Waals surface area contributed by atoms with Crippen LogP contribution in [0.25, 0.3) is 0 Å². The van der Waals surface area contributed by atoms with Crippen LogP contribution in [0.3, 0.4) is 0 Å². The molecule has 0 aliphatic carbocycles. The predicted octanol–water partition coefficient (Wildman–Crippen LogP) is 3.12. The van der Waals surface area contributed by atoms with Crippen molar-refractivity contribution in [2.75, 3.05) is 0 Å². The normalized spacial score (nSPS) is 11.2. The second-order valence-corrected chi connectivity index (χ2v) is 3.94. The summed E-state index contributed by atoms with van der Waals surface area (Å²) in [6.07, 6.45) is 2.45. The lowest BCUT2D eigenvalue weighted by molar-refractivity contribution is 0.549. The molecule has 1 aromatic rings. The first-order valence-electron chi connectivity index (χ1n) is 5.19. The molecule has 0 N–H and O–H groups in total. The number of aryl methyl sites for hydroxylation is 2. The molecule has 0 fully saturated rings. The minimum atomic E-state index is 0.543. The van der Waals surface area contributed by atoms with E-state index in [1.165, 1.54) is 24.2 Å². The van der Waals surface area contributed by atoms with Gasteiger partial charge in [0.05, 0.1) is 5.69 Å². The summed E-state index contributed by atoms with van der Waals surface area (Å²) in [5.74, 6) is 0.543. The van der Waals surface area contributed by atoms with Gasteiger partial charge in [0.15, 0.2) is 0 Å². The zero-order valence-electron chi connectivity index (χ0n) is 9.17. The van der Waals surface area contributed by atoms with Crippen molar-refractivity contribution in [1.29, 1.82) is 0 Å². The molecule has 1 aromatic heterocycles. The third kappa shape index (κ3) is 2.58. The zero-order chi connectivity index (χ0) is 9.84. The highest BCUT2D eigenvalue weighted by atomic mass is 15.3. The smallest absolute Gasteiger partial charge is 0.0652 e. The predicted molar refractivity (Wildman–Crippen MR) is 56.0 cm³/mol. The van der Waals surface area contributed by atoms with Crippen molar-refractivity contribution in [2.45, 2.75) is 53.0 Å². The van der Waals surface area contributed by atoms with Gasteiger partial charge in [-0.05, 0) is 25.3 Å². The van der Waals surface area contributed by atoms with E-state index in [0.717, 1.165) is 6.54 Å². The minimum absolute atomic E-state index is 0.543. The van der Waals surface area contributed by atoms with E-state index in [2.05, 4.69) is 43.5 Å². The number of nitrogens with zero attached hydrogens (tertiary/aromatic N) is 2. The summed E-state index contributed by atoms with van der Waals surface area (Å²) in [5.41, 5.74) is 2.51. The van der Waals surface area contributed by atoms with Crippen LogP contribution in [0, 0.1) is 6.92 Å². The Morgan fingerprint density at radius 3 is 2.62 bits per heavy atom. The summed E-state index contributed by atoms with van der Waals surface area (Å²) in [4.78, 5) is 0. The minimum Gasteiger partial charge on any atom is -0.270 e. The van der Waals surface area contributed by atoms with E-state index in [0.29, 0.717) is 5.92 Å². The molecule has 0 saturated carbocycles. The summed E-state index contributed by atoms with van der Waals surface area (Å²) in [6, 6.07) is 2.19. The number of rotatable bonds is 4. The Hall–Kier alpha value is -0.790. The van der Waals surface area contributed by atoms with Crippen LogP contribution in [0.2, 0.25) is 0 Å². The fourth-order valence-electron chi connectivity index (χ4n) is 1.35. The average molecular weight is 180 g/mol. The molecule has 0 radical (unpaired) electrons. The van der Waals surface area contributed by atoms with Crippen molar-refractivity contribution in [2.24, 2.45) is 0 Å². The van der Waals surface area contributed by atoms with Crippen LogP contribution < -0.4 is 0 Å². The molecule has 0 amide bonds. The van der Waals surface area contributed by atoms with Crippen LogP contribution in [0.4, 0.5) is 0 Å². The molecule has 0 spiro atoms. The Kier molecular flexibility index (Phi) is 3.52. The van der Waals surface area contributed by atoms with Gasteiger partial charge < -0.3 is 0 Å². The highest BCUT2D eigenvalue weighted by Crippen LogP contribution is 2.14. The molecule has 0 saturated heterocycles. The van der Waals surface area contributed by atoms with Crippen LogP contribution in [-0.2, 0) is 6.54 Å². The van der Waals surface area contributed by atoms with Gasteiger partial charge in [-0.15, -0.1) is 0 Å². The fraction of sp³-hybridized carbons (Fsp3) is 0.727. The Balaban J connectivity index is 2.71. The SMILES string of the molecule is CCCCn1nc(C(C)C)cc1C. The monoisotopic (exact) mass is 180 g/mol. The van der Waals surface area contributed by atoms with Gasteiger partial charge in [-0.1, -0.05) is 27.2 Å². The average Bonchev–Trinajstić information content (AvgIpc) is 2.44. The van der Waals surface area contributed by atoms with E-state index in [1.54, 1.807) is 0 Å². The lowest BCUT2D eigenvalue weighted by Gasteiger charge is -2.02. The maximum atomic E-state index is 4.56. The van der Waals surface area contributed by atoms with Crippen LogP contribution in [0.15, 0.2) is 6.07 Å². The maximum Gasteiger partial charge on any atom is 0.0652 e. The summed E-state index contributed by atoms with van der Waals surface area (Å²) in [5, 5.41) is 4.56. The number of aromatic nitrogens is 2. The topological polar surface area (TPSA) is 17.8 Å². The first-order valence-corrected chi connectivity index (χ1v) is 5.19. The molecular weight excluding hydrogens is 160 g/mol. The molecular formula is C11H20N2. The van der Waals surface area contributed by atoms with Gasteiger partial charge in [0.25, 0.3) is 0 Å². The lowest BCUT2D eigenvalue weighted by Crippen LogP contribution is -2.02. The number of hydrogen-bond acceptors (Lipinski definition) is 1. The largest absolute Gasteiger partial charge is 0.270 e. The van der Waals surface area contributed by atoms with E-state index in [9.17, 15) is 0 Å². The van der Waals surface area contributed by atoms with E-state index in [1.807, 2.05) is 0 Å². The van der Waals surface area contributed by atoms with Gasteiger partial charge in [-0.3, -0.25) is 4.68 Å². The Bertz CT molecular complexity index is 261. The van der Waals surface area contributed by atoms with E-state index in [4.69, 9.17) is 0 Å². The highest BCUT2D eigenvalue weighted by Gasteiger charge is 2.06. The Morgan fingerprint density at radius 1 is 1.46 bits per heavy atom. The fourth-order valence-corrected chi connectivity index (χ4v) is 1.35. The molecule has 13 heavy (non-hydrogen) atoms. The van der Waals surface area contributed by atoms with Crippen LogP contribution >= 0.6 is 0 Å². The molecule has 1 heterocycles. The highest BCUT2D eigenvalue weighted by molar-refractivity contribution is 5.11. The van der Waals surface area contributed by atoms with Crippen molar-refractivity contribution in [1.82, 2.24) is 9.78 Å². The molecule has 0 aliphatic heterocycles. The molecule has 0 unspecified atom stereocenters. The zero-order valence-corrected chi connectivity index (χ0v) is 9.17. The van der Waals surface area contributed by atoms with E-state index < -0.39 is 0 Å². The molecule has 2 heteroatoms. The third-order valence-corrected chi connectivity index (χ3v) is 2.32. The Morgan fingerprint density at radius 2 is 2.15 bits per heavy atom. The van der Waals surface area contributed by atoms with Crippen molar-refractivity contribution in [3.63, 3.8) is 0 Å². The van der Waals surface area contributed by atoms with E-state index in [-0.39, 0.29) is 0 Å². The second-order valence-electron chi connectivity index (χ2n) is 3.94. The molecule has 0 bridgehead atoms. The van der Waals surface area contributed by atoms with E-state index >= 15 is 0 Å². The first-order chi connectivity index (χ1) is 6.15. The third-order valence-electron chi connectivity index (χ3n) is 2.32. The van der Waals surface area contributed by atoms with Crippen molar-refractivity contribution < 1.29 is 0 Å². The maximum absolute atomic E-state index is 4.56. The number of unbranched alkanes of at least 4 members (excludes halogenated alkanes) is 1. The second kappa shape index (κ2) is 4.45. The Labute approximate surface area is 81.0 Å². The lowest BCUT2D eigenvalue weighted by atomic mass is 10.1. The number of hydrogen-bond donors (Lipinski definition) is 0. The molecule has 0 aromatic carbocycles. The van der Waals surface area contributed by atoms with Gasteiger partial charge in [0.1, 0.15) is 0 Å². The van der Waals surface area contributed by atoms with Gasteiger partial charge >= 0.3 is 0 Å².